The third-order valence-corrected chi connectivity index (χ3v) is 2.37. The van der Waals surface area contributed by atoms with Gasteiger partial charge in [0.25, 0.3) is 0 Å². The molecule has 0 radical (unpaired) electrons. The van der Waals surface area contributed by atoms with Crippen LogP contribution in [0.5, 0.6) is 0 Å². The molecule has 0 aliphatic heterocycles. The minimum Gasteiger partial charge on any atom is -0.383 e. The van der Waals surface area contributed by atoms with Gasteiger partial charge in [-0.1, -0.05) is 0 Å². The maximum Gasteiger partial charge on any atom is 0.165 e. The molecular weight excluding hydrogens is 204 g/mol. The van der Waals surface area contributed by atoms with E-state index < -0.39 is 0 Å². The lowest BCUT2D eigenvalue weighted by atomic mass is 10.2. The average Bonchev–Trinajstić information content (AvgIpc) is 2.69. The van der Waals surface area contributed by atoms with Gasteiger partial charge in [-0.15, -0.1) is 10.2 Å². The zero-order valence-electron chi connectivity index (χ0n) is 9.42. The first-order chi connectivity index (χ1) is 7.83. The quantitative estimate of drug-likeness (QED) is 0.776. The molecule has 2 aromatic heterocycles. The second-order valence-corrected chi connectivity index (χ2v) is 3.46. The average molecular weight is 218 g/mol. The number of pyridine rings is 1. The Morgan fingerprint density at radius 1 is 1.38 bits per heavy atom. The molecule has 0 fully saturated rings. The Balaban J connectivity index is 2.34. The van der Waals surface area contributed by atoms with Crippen LogP contribution in [0.25, 0.3) is 11.4 Å². The fourth-order valence-electron chi connectivity index (χ4n) is 1.54. The third-order valence-electron chi connectivity index (χ3n) is 2.37. The molecule has 0 unspecified atom stereocenters. The summed E-state index contributed by atoms with van der Waals surface area (Å²) < 4.78 is 7.10. The summed E-state index contributed by atoms with van der Waals surface area (Å²) in [7, 11) is 1.68. The van der Waals surface area contributed by atoms with Gasteiger partial charge in [0.1, 0.15) is 5.82 Å². The van der Waals surface area contributed by atoms with Crippen molar-refractivity contribution < 1.29 is 4.74 Å². The van der Waals surface area contributed by atoms with Gasteiger partial charge in [-0.2, -0.15) is 0 Å². The number of aryl methyl sites for hydroxylation is 1. The molecule has 5 nitrogen and oxygen atoms in total. The Labute approximate surface area is 94.1 Å². The molecule has 0 N–H and O–H groups in total. The Bertz CT molecular complexity index is 452. The van der Waals surface area contributed by atoms with Crippen LogP contribution in [-0.2, 0) is 11.3 Å². The van der Waals surface area contributed by atoms with E-state index in [0.717, 1.165) is 23.8 Å². The molecule has 16 heavy (non-hydrogen) atoms. The van der Waals surface area contributed by atoms with Gasteiger partial charge in [-0.3, -0.25) is 4.98 Å². The number of hydrogen-bond acceptors (Lipinski definition) is 4. The molecule has 0 spiro atoms. The Hall–Kier alpha value is -1.75. The number of ether oxygens (including phenoxy) is 1. The summed E-state index contributed by atoms with van der Waals surface area (Å²) in [6, 6.07) is 3.86. The van der Waals surface area contributed by atoms with Crippen molar-refractivity contribution >= 4 is 0 Å². The Morgan fingerprint density at radius 3 is 2.94 bits per heavy atom. The first kappa shape index (κ1) is 10.8. The van der Waals surface area contributed by atoms with Crippen molar-refractivity contribution in [1.82, 2.24) is 19.7 Å². The molecule has 2 heterocycles. The van der Waals surface area contributed by atoms with Crippen molar-refractivity contribution in [2.24, 2.45) is 0 Å². The summed E-state index contributed by atoms with van der Waals surface area (Å²) in [5, 5.41) is 8.23. The highest BCUT2D eigenvalue weighted by molar-refractivity contribution is 5.53. The summed E-state index contributed by atoms with van der Waals surface area (Å²) in [6.45, 7) is 3.33. The number of methoxy groups -OCH3 is 1. The van der Waals surface area contributed by atoms with E-state index in [2.05, 4.69) is 15.2 Å². The molecule has 0 aliphatic rings. The normalized spacial score (nSPS) is 10.6. The second-order valence-electron chi connectivity index (χ2n) is 3.46. The number of hydrogen-bond donors (Lipinski definition) is 0. The standard InChI is InChI=1S/C11H14N4O/c1-9-13-14-11(15(9)6-7-16-2)10-4-3-5-12-8-10/h3-5,8H,6-7H2,1-2H3. The minimum absolute atomic E-state index is 0.645. The molecule has 5 heteroatoms. The topological polar surface area (TPSA) is 52.8 Å². The van der Waals surface area contributed by atoms with Crippen LogP contribution in [0, 0.1) is 6.92 Å². The van der Waals surface area contributed by atoms with Gasteiger partial charge in [-0.05, 0) is 19.1 Å². The van der Waals surface area contributed by atoms with Crippen LogP contribution >= 0.6 is 0 Å². The van der Waals surface area contributed by atoms with Gasteiger partial charge < -0.3 is 9.30 Å². The Morgan fingerprint density at radius 2 is 2.25 bits per heavy atom. The van der Waals surface area contributed by atoms with Crippen LogP contribution < -0.4 is 0 Å². The van der Waals surface area contributed by atoms with Gasteiger partial charge in [0.2, 0.25) is 0 Å². The Kier molecular flexibility index (Phi) is 3.26. The monoisotopic (exact) mass is 218 g/mol. The van der Waals surface area contributed by atoms with E-state index in [1.165, 1.54) is 0 Å². The van der Waals surface area contributed by atoms with E-state index in [-0.39, 0.29) is 0 Å². The van der Waals surface area contributed by atoms with Crippen LogP contribution in [0.1, 0.15) is 5.82 Å². The molecule has 0 aromatic carbocycles. The number of rotatable bonds is 4. The van der Waals surface area contributed by atoms with Crippen molar-refractivity contribution in [2.45, 2.75) is 13.5 Å². The zero-order chi connectivity index (χ0) is 11.4. The lowest BCUT2D eigenvalue weighted by Gasteiger charge is -2.07. The highest BCUT2D eigenvalue weighted by Crippen LogP contribution is 2.16. The van der Waals surface area contributed by atoms with Crippen LogP contribution in [0.15, 0.2) is 24.5 Å². The molecule has 2 rings (SSSR count). The first-order valence-electron chi connectivity index (χ1n) is 5.12. The number of aromatic nitrogens is 4. The summed E-state index contributed by atoms with van der Waals surface area (Å²) in [5.74, 6) is 1.72. The lowest BCUT2D eigenvalue weighted by molar-refractivity contribution is 0.187. The van der Waals surface area contributed by atoms with Gasteiger partial charge in [0.15, 0.2) is 5.82 Å². The highest BCUT2D eigenvalue weighted by Gasteiger charge is 2.10. The van der Waals surface area contributed by atoms with E-state index >= 15 is 0 Å². The molecule has 0 amide bonds. The SMILES string of the molecule is COCCn1c(C)nnc1-c1cccnc1. The van der Waals surface area contributed by atoms with E-state index in [9.17, 15) is 0 Å². The summed E-state index contributed by atoms with van der Waals surface area (Å²) >= 11 is 0. The summed E-state index contributed by atoms with van der Waals surface area (Å²) in [5.41, 5.74) is 0.971. The lowest BCUT2D eigenvalue weighted by Crippen LogP contribution is -2.07. The van der Waals surface area contributed by atoms with Crippen LogP contribution in [0.3, 0.4) is 0 Å². The maximum atomic E-state index is 5.07. The van der Waals surface area contributed by atoms with E-state index in [0.29, 0.717) is 6.61 Å². The molecule has 84 valence electrons. The van der Waals surface area contributed by atoms with Gasteiger partial charge in [-0.25, -0.2) is 0 Å². The largest absolute Gasteiger partial charge is 0.383 e. The van der Waals surface area contributed by atoms with Crippen molar-refractivity contribution in [1.29, 1.82) is 0 Å². The highest BCUT2D eigenvalue weighted by atomic mass is 16.5. The zero-order valence-corrected chi connectivity index (χ0v) is 9.42. The van der Waals surface area contributed by atoms with Crippen LogP contribution in [-0.4, -0.2) is 33.5 Å². The molecule has 0 aliphatic carbocycles. The van der Waals surface area contributed by atoms with Crippen molar-refractivity contribution in [3.8, 4) is 11.4 Å². The first-order valence-corrected chi connectivity index (χ1v) is 5.12. The van der Waals surface area contributed by atoms with Crippen LogP contribution in [0.2, 0.25) is 0 Å². The molecule has 0 saturated heterocycles. The predicted octanol–water partition coefficient (Wildman–Crippen LogP) is 1.29. The van der Waals surface area contributed by atoms with E-state index in [1.807, 2.05) is 23.6 Å². The molecule has 0 atom stereocenters. The molecule has 2 aromatic rings. The van der Waals surface area contributed by atoms with Gasteiger partial charge >= 0.3 is 0 Å². The molecule has 0 saturated carbocycles. The van der Waals surface area contributed by atoms with Crippen LogP contribution in [0.4, 0.5) is 0 Å². The fraction of sp³-hybridized carbons (Fsp3) is 0.364. The van der Waals surface area contributed by atoms with E-state index in [4.69, 9.17) is 4.74 Å². The minimum atomic E-state index is 0.645. The van der Waals surface area contributed by atoms with Gasteiger partial charge in [0, 0.05) is 31.6 Å². The number of nitrogens with zero attached hydrogens (tertiary/aromatic N) is 4. The summed E-state index contributed by atoms with van der Waals surface area (Å²) in [6.07, 6.45) is 3.53. The van der Waals surface area contributed by atoms with Crippen molar-refractivity contribution in [3.63, 3.8) is 0 Å². The predicted molar refractivity (Wildman–Crippen MR) is 59.9 cm³/mol. The van der Waals surface area contributed by atoms with Crippen molar-refractivity contribution in [2.75, 3.05) is 13.7 Å². The third kappa shape index (κ3) is 2.09. The smallest absolute Gasteiger partial charge is 0.165 e. The summed E-state index contributed by atoms with van der Waals surface area (Å²) in [4.78, 5) is 4.08. The molecule has 0 bridgehead atoms. The molecular formula is C11H14N4O. The fourth-order valence-corrected chi connectivity index (χ4v) is 1.54. The second kappa shape index (κ2) is 4.85. The maximum absolute atomic E-state index is 5.07. The van der Waals surface area contributed by atoms with Crippen molar-refractivity contribution in [3.05, 3.63) is 30.4 Å². The van der Waals surface area contributed by atoms with Gasteiger partial charge in [0.05, 0.1) is 6.61 Å². The van der Waals surface area contributed by atoms with E-state index in [1.54, 1.807) is 19.5 Å².